The first-order chi connectivity index (χ1) is 10.4. The molecule has 118 valence electrons. The Morgan fingerprint density at radius 3 is 2.27 bits per heavy atom. The summed E-state index contributed by atoms with van der Waals surface area (Å²) in [4.78, 5) is 28.0. The van der Waals surface area contributed by atoms with Crippen LogP contribution in [0, 0.1) is 5.41 Å². The van der Waals surface area contributed by atoms with Crippen LogP contribution in [-0.4, -0.2) is 40.8 Å². The van der Waals surface area contributed by atoms with Crippen LogP contribution in [0.3, 0.4) is 0 Å². The first kappa shape index (κ1) is 17.3. The Hall–Kier alpha value is -2.74. The number of nitrogens with one attached hydrogen (secondary N) is 1. The number of benzene rings is 1. The predicted molar refractivity (Wildman–Crippen MR) is 78.5 cm³/mol. The van der Waals surface area contributed by atoms with E-state index in [2.05, 4.69) is 14.9 Å². The van der Waals surface area contributed by atoms with Gasteiger partial charge in [-0.2, -0.15) is 0 Å². The van der Waals surface area contributed by atoms with Gasteiger partial charge in [0.25, 0.3) is 0 Å². The zero-order valence-corrected chi connectivity index (χ0v) is 12.4. The molecule has 0 saturated carbocycles. The number of nitrogens with zero attached hydrogens (tertiary/aromatic N) is 2. The van der Waals surface area contributed by atoms with E-state index in [1.165, 1.54) is 13.8 Å². The molecule has 0 atom stereocenters. The second-order valence-corrected chi connectivity index (χ2v) is 4.80. The molecule has 1 aromatic rings. The van der Waals surface area contributed by atoms with Crippen molar-refractivity contribution in [3.63, 3.8) is 0 Å². The zero-order valence-electron chi connectivity index (χ0n) is 12.4. The van der Waals surface area contributed by atoms with Crippen molar-refractivity contribution in [2.75, 3.05) is 7.11 Å². The van der Waals surface area contributed by atoms with E-state index >= 15 is 0 Å². The predicted octanol–water partition coefficient (Wildman–Crippen LogP) is 1.29. The van der Waals surface area contributed by atoms with Gasteiger partial charge in [0.05, 0.1) is 12.8 Å². The summed E-state index contributed by atoms with van der Waals surface area (Å²) < 4.78 is 4.54. The number of oxime groups is 1. The third-order valence-electron chi connectivity index (χ3n) is 2.91. The lowest BCUT2D eigenvalue weighted by molar-refractivity contribution is -0.153. The first-order valence-corrected chi connectivity index (χ1v) is 6.28. The highest BCUT2D eigenvalue weighted by atomic mass is 16.5. The van der Waals surface area contributed by atoms with E-state index < -0.39 is 28.7 Å². The molecule has 0 aromatic heterocycles. The number of carbonyl (C=O) groups is 2. The summed E-state index contributed by atoms with van der Waals surface area (Å²) in [6.07, 6.45) is 0. The van der Waals surface area contributed by atoms with Crippen molar-refractivity contribution in [2.24, 2.45) is 15.6 Å². The van der Waals surface area contributed by atoms with Gasteiger partial charge in [-0.3, -0.25) is 20.3 Å². The van der Waals surface area contributed by atoms with Gasteiger partial charge in [-0.25, -0.2) is 4.99 Å². The SMILES string of the molecule is COC(=O)C(C)(C)C(=O)/C(=N\O)C(=Nc1ccccc1)NO. The summed E-state index contributed by atoms with van der Waals surface area (Å²) in [5, 5.41) is 21.1. The summed E-state index contributed by atoms with van der Waals surface area (Å²) in [7, 11) is 1.14. The third kappa shape index (κ3) is 3.67. The number of ketones is 1. The minimum atomic E-state index is -1.61. The molecule has 0 heterocycles. The molecule has 1 rings (SSSR count). The molecule has 0 fully saturated rings. The summed E-state index contributed by atoms with van der Waals surface area (Å²) in [5.74, 6) is -2.07. The van der Waals surface area contributed by atoms with E-state index in [-0.39, 0.29) is 0 Å². The molecule has 8 heteroatoms. The maximum Gasteiger partial charge on any atom is 0.319 e. The Balaban J connectivity index is 3.21. The van der Waals surface area contributed by atoms with Crippen molar-refractivity contribution in [3.8, 4) is 0 Å². The number of para-hydroxylation sites is 1. The lowest BCUT2D eigenvalue weighted by Crippen LogP contribution is -2.45. The maximum atomic E-state index is 12.4. The molecule has 8 nitrogen and oxygen atoms in total. The fourth-order valence-corrected chi connectivity index (χ4v) is 1.61. The lowest BCUT2D eigenvalue weighted by atomic mass is 9.85. The largest absolute Gasteiger partial charge is 0.468 e. The maximum absolute atomic E-state index is 12.4. The second-order valence-electron chi connectivity index (χ2n) is 4.80. The average Bonchev–Trinajstić information content (AvgIpc) is 2.54. The monoisotopic (exact) mass is 307 g/mol. The van der Waals surface area contributed by atoms with Crippen LogP contribution in [0.2, 0.25) is 0 Å². The summed E-state index contributed by atoms with van der Waals surface area (Å²) in [5.41, 5.74) is -0.0980. The number of hydrogen-bond donors (Lipinski definition) is 3. The number of amidine groups is 1. The fourth-order valence-electron chi connectivity index (χ4n) is 1.61. The first-order valence-electron chi connectivity index (χ1n) is 6.28. The topological polar surface area (TPSA) is 121 Å². The normalized spacial score (nSPS) is 12.7. The number of methoxy groups -OCH3 is 1. The number of carbonyl (C=O) groups excluding carboxylic acids is 2. The van der Waals surface area contributed by atoms with Crippen molar-refractivity contribution in [1.82, 2.24) is 5.48 Å². The molecule has 1 aromatic carbocycles. The van der Waals surface area contributed by atoms with E-state index in [1.807, 2.05) is 0 Å². The molecule has 0 amide bonds. The molecule has 0 radical (unpaired) electrons. The van der Waals surface area contributed by atoms with Gasteiger partial charge in [0.1, 0.15) is 5.41 Å². The molecule has 3 N–H and O–H groups in total. The van der Waals surface area contributed by atoms with Gasteiger partial charge < -0.3 is 9.94 Å². The molecule has 0 aliphatic carbocycles. The number of ether oxygens (including phenoxy) is 1. The Kier molecular flexibility index (Phi) is 5.76. The van der Waals surface area contributed by atoms with Gasteiger partial charge in [0.2, 0.25) is 5.78 Å². The number of rotatable bonds is 5. The highest BCUT2D eigenvalue weighted by Crippen LogP contribution is 2.20. The number of Topliss-reactive ketones (excluding diaryl/α,β-unsaturated/α-hetero) is 1. The van der Waals surface area contributed by atoms with Crippen molar-refractivity contribution in [3.05, 3.63) is 30.3 Å². The molecule has 0 bridgehead atoms. The molecular weight excluding hydrogens is 290 g/mol. The molecule has 0 aliphatic heterocycles. The van der Waals surface area contributed by atoms with Crippen LogP contribution in [0.4, 0.5) is 5.69 Å². The highest BCUT2D eigenvalue weighted by Gasteiger charge is 2.41. The Morgan fingerprint density at radius 1 is 1.23 bits per heavy atom. The summed E-state index contributed by atoms with van der Waals surface area (Å²) in [6, 6.07) is 8.38. The van der Waals surface area contributed by atoms with Gasteiger partial charge in [-0.05, 0) is 26.0 Å². The van der Waals surface area contributed by atoms with Crippen molar-refractivity contribution in [2.45, 2.75) is 13.8 Å². The van der Waals surface area contributed by atoms with E-state index in [1.54, 1.807) is 35.8 Å². The van der Waals surface area contributed by atoms with Crippen molar-refractivity contribution < 1.29 is 24.7 Å². The van der Waals surface area contributed by atoms with Gasteiger partial charge in [-0.1, -0.05) is 23.4 Å². The van der Waals surface area contributed by atoms with Crippen LogP contribution in [-0.2, 0) is 14.3 Å². The van der Waals surface area contributed by atoms with Gasteiger partial charge >= 0.3 is 5.97 Å². The minimum Gasteiger partial charge on any atom is -0.468 e. The third-order valence-corrected chi connectivity index (χ3v) is 2.91. The Labute approximate surface area is 127 Å². The standard InChI is InChI=1S/C14H17N3O5/c1-14(2,13(19)22-3)11(18)10(16-20)12(17-21)15-9-7-5-4-6-8-9/h4-8,20-21H,1-3H3,(H,15,17)/b16-10+. The number of aliphatic imine (C=N–C) groups is 1. The number of esters is 1. The van der Waals surface area contributed by atoms with Crippen molar-refractivity contribution >= 4 is 29.0 Å². The molecule has 22 heavy (non-hydrogen) atoms. The number of hydroxylamine groups is 1. The molecule has 0 unspecified atom stereocenters. The smallest absolute Gasteiger partial charge is 0.319 e. The molecule has 0 aliphatic rings. The van der Waals surface area contributed by atoms with Crippen LogP contribution in [0.5, 0.6) is 0 Å². The van der Waals surface area contributed by atoms with Crippen LogP contribution in [0.15, 0.2) is 40.5 Å². The highest BCUT2D eigenvalue weighted by molar-refractivity contribution is 6.68. The van der Waals surface area contributed by atoms with E-state index in [9.17, 15) is 9.59 Å². The molecular formula is C14H17N3O5. The van der Waals surface area contributed by atoms with Crippen molar-refractivity contribution in [1.29, 1.82) is 0 Å². The Morgan fingerprint density at radius 2 is 1.82 bits per heavy atom. The molecule has 0 saturated heterocycles. The Bertz CT molecular complexity index is 608. The quantitative estimate of drug-likeness (QED) is 0.188. The molecule has 0 spiro atoms. The fraction of sp³-hybridized carbons (Fsp3) is 0.286. The van der Waals surface area contributed by atoms with Gasteiger partial charge in [0, 0.05) is 0 Å². The zero-order chi connectivity index (χ0) is 16.8. The van der Waals surface area contributed by atoms with E-state index in [0.717, 1.165) is 7.11 Å². The summed E-state index contributed by atoms with van der Waals surface area (Å²) >= 11 is 0. The van der Waals surface area contributed by atoms with Crippen LogP contribution in [0.1, 0.15) is 13.8 Å². The minimum absolute atomic E-state index is 0.393. The van der Waals surface area contributed by atoms with E-state index in [4.69, 9.17) is 10.4 Å². The van der Waals surface area contributed by atoms with Gasteiger partial charge in [0.15, 0.2) is 11.5 Å². The number of hydrogen-bond acceptors (Lipinski definition) is 7. The summed E-state index contributed by atoms with van der Waals surface area (Å²) in [6.45, 7) is 2.62. The van der Waals surface area contributed by atoms with Crippen LogP contribution >= 0.6 is 0 Å². The van der Waals surface area contributed by atoms with Crippen LogP contribution < -0.4 is 5.48 Å². The van der Waals surface area contributed by atoms with Crippen LogP contribution in [0.25, 0.3) is 0 Å². The average molecular weight is 307 g/mol. The van der Waals surface area contributed by atoms with Gasteiger partial charge in [-0.15, -0.1) is 0 Å². The second kappa shape index (κ2) is 7.32. The van der Waals surface area contributed by atoms with E-state index in [0.29, 0.717) is 5.69 Å². The lowest BCUT2D eigenvalue weighted by Gasteiger charge is -2.20.